The van der Waals surface area contributed by atoms with E-state index in [9.17, 15) is 34.2 Å². The van der Waals surface area contributed by atoms with Gasteiger partial charge in [-0.3, -0.25) is 19.2 Å². The van der Waals surface area contributed by atoms with E-state index in [1.807, 2.05) is 10.6 Å². The Hall–Kier alpha value is -2.77. The van der Waals surface area contributed by atoms with Crippen LogP contribution in [0.2, 0.25) is 0 Å². The second-order valence-corrected chi connectivity index (χ2v) is 5.30. The molecule has 13 heteroatoms. The monoisotopic (exact) mass is 377 g/mol. The van der Waals surface area contributed by atoms with Gasteiger partial charge >= 0.3 is 5.97 Å². The Morgan fingerprint density at radius 1 is 1.00 bits per heavy atom. The maximum absolute atomic E-state index is 12.1. The Kier molecular flexibility index (Phi) is 9.80. The van der Waals surface area contributed by atoms with Crippen molar-refractivity contribution in [1.29, 1.82) is 0 Å². The molecule has 0 aliphatic carbocycles. The van der Waals surface area contributed by atoms with Crippen molar-refractivity contribution in [3.05, 3.63) is 0 Å². The van der Waals surface area contributed by atoms with Crippen LogP contribution in [-0.2, 0) is 24.0 Å². The molecule has 0 aliphatic heterocycles. The number of hydrogen-bond acceptors (Lipinski definition) is 8. The zero-order valence-corrected chi connectivity index (χ0v) is 14.0. The van der Waals surface area contributed by atoms with Gasteiger partial charge in [0.05, 0.1) is 25.7 Å². The summed E-state index contributed by atoms with van der Waals surface area (Å²) in [5.41, 5.74) is 9.97. The predicted octanol–water partition coefficient (Wildman–Crippen LogP) is -5.27. The standard InChI is InChI=1S/C13H23N5O8/c1-5(20)10(18-9(22)3-14)12(24)17-7(4-19)11(23)16-6(13(25)26)2-8(15)21/h5-7,10,19-20H,2-4,14H2,1H3,(H2,15,21)(H,16,23)(H,17,24)(H,18,22)(H,25,26). The van der Waals surface area contributed by atoms with Crippen LogP contribution >= 0.6 is 0 Å². The first-order valence-electron chi connectivity index (χ1n) is 7.43. The minimum Gasteiger partial charge on any atom is -0.480 e. The molecule has 0 aliphatic rings. The number of carbonyl (C=O) groups excluding carboxylic acids is 4. The van der Waals surface area contributed by atoms with E-state index in [2.05, 4.69) is 5.32 Å². The molecule has 0 fully saturated rings. The number of hydrogen-bond donors (Lipinski definition) is 8. The highest BCUT2D eigenvalue weighted by atomic mass is 16.4. The molecule has 10 N–H and O–H groups in total. The summed E-state index contributed by atoms with van der Waals surface area (Å²) in [5.74, 6) is -5.40. The maximum atomic E-state index is 12.1. The van der Waals surface area contributed by atoms with Gasteiger partial charge in [0.2, 0.25) is 23.6 Å². The van der Waals surface area contributed by atoms with Crippen LogP contribution in [-0.4, -0.2) is 82.3 Å². The van der Waals surface area contributed by atoms with E-state index in [4.69, 9.17) is 16.6 Å². The Morgan fingerprint density at radius 3 is 1.92 bits per heavy atom. The van der Waals surface area contributed by atoms with E-state index in [0.717, 1.165) is 0 Å². The fourth-order valence-electron chi connectivity index (χ4n) is 1.77. The minimum atomic E-state index is -1.66. The first-order valence-corrected chi connectivity index (χ1v) is 7.43. The number of aliphatic carboxylic acids is 1. The van der Waals surface area contributed by atoms with Crippen LogP contribution in [0.3, 0.4) is 0 Å². The van der Waals surface area contributed by atoms with Crippen molar-refractivity contribution in [2.24, 2.45) is 11.5 Å². The molecular weight excluding hydrogens is 354 g/mol. The van der Waals surface area contributed by atoms with Crippen LogP contribution < -0.4 is 27.4 Å². The van der Waals surface area contributed by atoms with E-state index in [0.29, 0.717) is 0 Å². The zero-order chi connectivity index (χ0) is 20.4. The summed E-state index contributed by atoms with van der Waals surface area (Å²) >= 11 is 0. The number of aliphatic hydroxyl groups excluding tert-OH is 2. The number of carbonyl (C=O) groups is 5. The normalized spacial score (nSPS) is 15.1. The zero-order valence-electron chi connectivity index (χ0n) is 14.0. The van der Waals surface area contributed by atoms with Gasteiger partial charge in [-0.2, -0.15) is 0 Å². The second kappa shape index (κ2) is 11.0. The van der Waals surface area contributed by atoms with Crippen LogP contribution in [0.15, 0.2) is 0 Å². The van der Waals surface area contributed by atoms with Gasteiger partial charge in [-0.15, -0.1) is 0 Å². The average Bonchev–Trinajstić information content (AvgIpc) is 2.55. The largest absolute Gasteiger partial charge is 0.480 e. The molecule has 4 amide bonds. The second-order valence-electron chi connectivity index (χ2n) is 5.30. The Bertz CT molecular complexity index is 553. The number of carboxylic acids is 1. The highest BCUT2D eigenvalue weighted by Crippen LogP contribution is 1.98. The summed E-state index contributed by atoms with van der Waals surface area (Å²) in [4.78, 5) is 57.2. The van der Waals surface area contributed by atoms with E-state index in [1.165, 1.54) is 6.92 Å². The molecule has 0 saturated carbocycles. The van der Waals surface area contributed by atoms with Gasteiger partial charge in [0, 0.05) is 0 Å². The smallest absolute Gasteiger partial charge is 0.326 e. The van der Waals surface area contributed by atoms with Crippen molar-refractivity contribution in [3.63, 3.8) is 0 Å². The number of nitrogens with two attached hydrogens (primary N) is 2. The highest BCUT2D eigenvalue weighted by Gasteiger charge is 2.31. The molecule has 4 unspecified atom stereocenters. The number of amides is 4. The fourth-order valence-corrected chi connectivity index (χ4v) is 1.77. The van der Waals surface area contributed by atoms with Crippen molar-refractivity contribution in [3.8, 4) is 0 Å². The SMILES string of the molecule is CC(O)C(NC(=O)CN)C(=O)NC(CO)C(=O)NC(CC(N)=O)C(=O)O. The number of aliphatic hydroxyl groups is 2. The molecule has 0 rings (SSSR count). The van der Waals surface area contributed by atoms with E-state index >= 15 is 0 Å². The van der Waals surface area contributed by atoms with Crippen molar-refractivity contribution in [2.45, 2.75) is 37.6 Å². The summed E-state index contributed by atoms with van der Waals surface area (Å²) in [6.07, 6.45) is -2.05. The predicted molar refractivity (Wildman–Crippen MR) is 85.1 cm³/mol. The van der Waals surface area contributed by atoms with Crippen LogP contribution in [0.5, 0.6) is 0 Å². The minimum absolute atomic E-state index is 0.451. The number of carboxylic acid groups (broad SMARTS) is 1. The molecule has 0 spiro atoms. The lowest BCUT2D eigenvalue weighted by atomic mass is 10.1. The molecular formula is C13H23N5O8. The summed E-state index contributed by atoms with van der Waals surface area (Å²) in [6.45, 7) is -0.173. The fraction of sp³-hybridized carbons (Fsp3) is 0.615. The third kappa shape index (κ3) is 7.87. The average molecular weight is 377 g/mol. The van der Waals surface area contributed by atoms with E-state index < -0.39 is 73.4 Å². The molecule has 13 nitrogen and oxygen atoms in total. The molecule has 4 atom stereocenters. The first kappa shape index (κ1) is 23.2. The summed E-state index contributed by atoms with van der Waals surface area (Å²) in [5, 5.41) is 33.8. The third-order valence-electron chi connectivity index (χ3n) is 3.10. The van der Waals surface area contributed by atoms with Gasteiger partial charge in [0.1, 0.15) is 18.1 Å². The van der Waals surface area contributed by atoms with E-state index in [-0.39, 0.29) is 0 Å². The van der Waals surface area contributed by atoms with Gasteiger partial charge in [-0.1, -0.05) is 0 Å². The molecule has 26 heavy (non-hydrogen) atoms. The highest BCUT2D eigenvalue weighted by molar-refractivity contribution is 5.94. The van der Waals surface area contributed by atoms with Crippen LogP contribution in [0.4, 0.5) is 0 Å². The van der Waals surface area contributed by atoms with Crippen molar-refractivity contribution in [1.82, 2.24) is 16.0 Å². The van der Waals surface area contributed by atoms with Gasteiger partial charge < -0.3 is 42.7 Å². The van der Waals surface area contributed by atoms with Crippen molar-refractivity contribution in [2.75, 3.05) is 13.2 Å². The van der Waals surface area contributed by atoms with Crippen molar-refractivity contribution >= 4 is 29.6 Å². The summed E-state index contributed by atoms with van der Waals surface area (Å²) in [7, 11) is 0. The molecule has 0 bridgehead atoms. The quantitative estimate of drug-likeness (QED) is 0.171. The Morgan fingerprint density at radius 2 is 1.54 bits per heavy atom. The maximum Gasteiger partial charge on any atom is 0.326 e. The number of rotatable bonds is 11. The number of primary amides is 1. The molecule has 0 heterocycles. The molecule has 0 aromatic heterocycles. The summed E-state index contributed by atoms with van der Waals surface area (Å²) in [6, 6.07) is -4.72. The summed E-state index contributed by atoms with van der Waals surface area (Å²) < 4.78 is 0. The molecule has 0 radical (unpaired) electrons. The first-order chi connectivity index (χ1) is 12.0. The van der Waals surface area contributed by atoms with Crippen LogP contribution in [0.1, 0.15) is 13.3 Å². The van der Waals surface area contributed by atoms with Crippen LogP contribution in [0.25, 0.3) is 0 Å². The lowest BCUT2D eigenvalue weighted by Crippen LogP contribution is -2.59. The lowest BCUT2D eigenvalue weighted by molar-refractivity contribution is -0.144. The Labute approximate surface area is 148 Å². The van der Waals surface area contributed by atoms with Gasteiger partial charge in [-0.05, 0) is 6.92 Å². The molecule has 0 aromatic carbocycles. The van der Waals surface area contributed by atoms with Gasteiger partial charge in [0.15, 0.2) is 0 Å². The molecule has 0 aromatic rings. The van der Waals surface area contributed by atoms with Gasteiger partial charge in [0.25, 0.3) is 0 Å². The van der Waals surface area contributed by atoms with E-state index in [1.54, 1.807) is 0 Å². The van der Waals surface area contributed by atoms with Gasteiger partial charge in [-0.25, -0.2) is 4.79 Å². The lowest BCUT2D eigenvalue weighted by Gasteiger charge is -2.24. The topological polar surface area (TPSA) is 234 Å². The van der Waals surface area contributed by atoms with Crippen molar-refractivity contribution < 1.29 is 39.3 Å². The Balaban J connectivity index is 5.06. The third-order valence-corrected chi connectivity index (χ3v) is 3.10. The van der Waals surface area contributed by atoms with Crippen LogP contribution in [0, 0.1) is 0 Å². The molecule has 148 valence electrons. The number of nitrogens with one attached hydrogen (secondary N) is 3. The molecule has 0 saturated heterocycles.